The maximum absolute atomic E-state index is 4.12. The van der Waals surface area contributed by atoms with E-state index >= 15 is 0 Å². The number of aromatic nitrogens is 2. The molecule has 2 aromatic carbocycles. The summed E-state index contributed by atoms with van der Waals surface area (Å²) >= 11 is 1.77. The van der Waals surface area contributed by atoms with E-state index in [0.29, 0.717) is 0 Å². The number of nitrogens with zero attached hydrogens (tertiary/aromatic N) is 2. The second-order valence-electron chi connectivity index (χ2n) is 4.35. The summed E-state index contributed by atoms with van der Waals surface area (Å²) in [7, 11) is 0. The molecule has 0 atom stereocenters. The van der Waals surface area contributed by atoms with E-state index in [1.807, 2.05) is 18.2 Å². The highest BCUT2D eigenvalue weighted by Gasteiger charge is 2.09. The van der Waals surface area contributed by atoms with Crippen molar-refractivity contribution in [3.05, 3.63) is 60.8 Å². The topological polar surface area (TPSA) is 25.8 Å². The van der Waals surface area contributed by atoms with E-state index in [2.05, 4.69) is 52.8 Å². The molecule has 19 heavy (non-hydrogen) atoms. The van der Waals surface area contributed by atoms with Crippen molar-refractivity contribution in [2.45, 2.75) is 0 Å². The predicted octanol–water partition coefficient (Wildman–Crippen LogP) is 4.31. The van der Waals surface area contributed by atoms with Gasteiger partial charge in [0.25, 0.3) is 0 Å². The summed E-state index contributed by atoms with van der Waals surface area (Å²) in [5.41, 5.74) is 1.94. The van der Waals surface area contributed by atoms with Crippen LogP contribution in [0, 0.1) is 6.20 Å². The van der Waals surface area contributed by atoms with Gasteiger partial charge in [0.1, 0.15) is 6.20 Å². The van der Waals surface area contributed by atoms with E-state index < -0.39 is 0 Å². The summed E-state index contributed by atoms with van der Waals surface area (Å²) in [6.07, 6.45) is 3.04. The molecule has 0 fully saturated rings. The molecule has 0 unspecified atom stereocenters. The molecule has 0 aliphatic heterocycles. The Morgan fingerprint density at radius 2 is 1.79 bits per heavy atom. The number of rotatable bonds is 1. The third-order valence-corrected chi connectivity index (χ3v) is 4.30. The van der Waals surface area contributed by atoms with Crippen LogP contribution < -0.4 is 0 Å². The first-order chi connectivity index (χ1) is 9.42. The zero-order valence-corrected chi connectivity index (χ0v) is 10.8. The Bertz CT molecular complexity index is 842. The Morgan fingerprint density at radius 3 is 2.74 bits per heavy atom. The molecule has 0 aliphatic rings. The molecule has 0 spiro atoms. The maximum atomic E-state index is 4.12. The molecule has 2 nitrogen and oxygen atoms in total. The smallest absolute Gasteiger partial charge is 0.123 e. The molecule has 0 amide bonds. The number of thiophene rings is 1. The first kappa shape index (κ1) is 10.6. The molecule has 3 heteroatoms. The summed E-state index contributed by atoms with van der Waals surface area (Å²) in [4.78, 5) is 1.19. The van der Waals surface area contributed by atoms with Crippen LogP contribution in [0.5, 0.6) is 0 Å². The lowest BCUT2D eigenvalue weighted by molar-refractivity contribution is 1.07. The molecule has 4 rings (SSSR count). The number of hydrogen-bond acceptors (Lipinski definition) is 3. The van der Waals surface area contributed by atoms with Crippen LogP contribution in [0.15, 0.2) is 54.6 Å². The van der Waals surface area contributed by atoms with Gasteiger partial charge >= 0.3 is 0 Å². The lowest BCUT2D eigenvalue weighted by Gasteiger charge is -2.00. The molecule has 4 aromatic rings. The molecule has 0 saturated heterocycles. The highest BCUT2D eigenvalue weighted by Crippen LogP contribution is 2.35. The molecular formula is C16H9N2S. The lowest BCUT2D eigenvalue weighted by Crippen LogP contribution is -1.86. The third kappa shape index (κ3) is 1.71. The van der Waals surface area contributed by atoms with Crippen molar-refractivity contribution in [3.8, 4) is 10.4 Å². The van der Waals surface area contributed by atoms with Crippen LogP contribution in [-0.2, 0) is 0 Å². The van der Waals surface area contributed by atoms with Gasteiger partial charge in [0.2, 0.25) is 0 Å². The van der Waals surface area contributed by atoms with Crippen molar-refractivity contribution < 1.29 is 0 Å². The molecule has 0 bridgehead atoms. The van der Waals surface area contributed by atoms with E-state index in [0.717, 1.165) is 16.5 Å². The normalized spacial score (nSPS) is 11.2. The average molecular weight is 261 g/mol. The van der Waals surface area contributed by atoms with Gasteiger partial charge < -0.3 is 0 Å². The Morgan fingerprint density at radius 1 is 0.947 bits per heavy atom. The van der Waals surface area contributed by atoms with Gasteiger partial charge in [-0.05, 0) is 23.6 Å². The maximum Gasteiger partial charge on any atom is 0.123 e. The summed E-state index contributed by atoms with van der Waals surface area (Å²) < 4.78 is 1.28. The van der Waals surface area contributed by atoms with Crippen molar-refractivity contribution in [2.75, 3.05) is 0 Å². The van der Waals surface area contributed by atoms with Gasteiger partial charge in [-0.3, -0.25) is 0 Å². The van der Waals surface area contributed by atoms with Gasteiger partial charge in [-0.2, -0.15) is 0 Å². The van der Waals surface area contributed by atoms with Crippen molar-refractivity contribution in [2.24, 2.45) is 0 Å². The molecule has 0 aliphatic carbocycles. The van der Waals surface area contributed by atoms with E-state index in [-0.39, 0.29) is 0 Å². The fraction of sp³-hybridized carbons (Fsp3) is 0. The fourth-order valence-corrected chi connectivity index (χ4v) is 3.33. The first-order valence-corrected chi connectivity index (χ1v) is 6.85. The van der Waals surface area contributed by atoms with Gasteiger partial charge in [-0.15, -0.1) is 21.5 Å². The van der Waals surface area contributed by atoms with Gasteiger partial charge in [0.05, 0.1) is 5.52 Å². The number of benzene rings is 2. The monoisotopic (exact) mass is 261 g/mol. The van der Waals surface area contributed by atoms with Crippen LogP contribution in [0.3, 0.4) is 0 Å². The summed E-state index contributed by atoms with van der Waals surface area (Å²) in [6.45, 7) is 0. The van der Waals surface area contributed by atoms with Crippen molar-refractivity contribution in [1.82, 2.24) is 10.2 Å². The Balaban J connectivity index is 2.03. The minimum atomic E-state index is 0.911. The Hall–Kier alpha value is -2.26. The van der Waals surface area contributed by atoms with Crippen LogP contribution in [0.1, 0.15) is 0 Å². The molecule has 89 valence electrons. The molecule has 2 heterocycles. The SMILES string of the molecule is [c]1nnc2ccccc2c1-c1cc2ccccc2s1. The van der Waals surface area contributed by atoms with E-state index in [1.165, 1.54) is 15.0 Å². The molecular weight excluding hydrogens is 252 g/mol. The van der Waals surface area contributed by atoms with Crippen LogP contribution >= 0.6 is 11.3 Å². The van der Waals surface area contributed by atoms with Crippen LogP contribution in [0.2, 0.25) is 0 Å². The molecule has 1 radical (unpaired) electrons. The highest BCUT2D eigenvalue weighted by atomic mass is 32.1. The van der Waals surface area contributed by atoms with Gasteiger partial charge in [-0.25, -0.2) is 0 Å². The molecule has 2 aromatic heterocycles. The van der Waals surface area contributed by atoms with Crippen molar-refractivity contribution in [3.63, 3.8) is 0 Å². The minimum absolute atomic E-state index is 0.911. The first-order valence-electron chi connectivity index (χ1n) is 6.04. The second kappa shape index (κ2) is 4.14. The second-order valence-corrected chi connectivity index (χ2v) is 5.44. The third-order valence-electron chi connectivity index (χ3n) is 3.16. The highest BCUT2D eigenvalue weighted by molar-refractivity contribution is 7.22. The Labute approximate surface area is 114 Å². The Kier molecular flexibility index (Phi) is 2.32. The van der Waals surface area contributed by atoms with Crippen molar-refractivity contribution >= 4 is 32.3 Å². The van der Waals surface area contributed by atoms with Gasteiger partial charge in [0, 0.05) is 20.5 Å². The largest absolute Gasteiger partial charge is 0.150 e. The van der Waals surface area contributed by atoms with Crippen LogP contribution in [0.4, 0.5) is 0 Å². The van der Waals surface area contributed by atoms with Crippen LogP contribution in [0.25, 0.3) is 31.4 Å². The summed E-state index contributed by atoms with van der Waals surface area (Å²) in [6, 6.07) is 18.6. The van der Waals surface area contributed by atoms with E-state index in [9.17, 15) is 0 Å². The summed E-state index contributed by atoms with van der Waals surface area (Å²) in [5.74, 6) is 0. The standard InChI is InChI=1S/C16H9N2S/c1-4-8-15-11(5-1)9-16(19-15)13-10-17-18-14-7-3-2-6-12(13)14/h1-9H. The fourth-order valence-electron chi connectivity index (χ4n) is 2.25. The predicted molar refractivity (Wildman–Crippen MR) is 79.2 cm³/mol. The van der Waals surface area contributed by atoms with Gasteiger partial charge in [-0.1, -0.05) is 36.4 Å². The molecule has 0 saturated carbocycles. The number of fused-ring (bicyclic) bond motifs is 2. The lowest BCUT2D eigenvalue weighted by atomic mass is 10.1. The van der Waals surface area contributed by atoms with Crippen molar-refractivity contribution in [1.29, 1.82) is 0 Å². The number of hydrogen-bond donors (Lipinski definition) is 0. The van der Waals surface area contributed by atoms with Gasteiger partial charge in [0.15, 0.2) is 0 Å². The quantitative estimate of drug-likeness (QED) is 0.510. The molecule has 0 N–H and O–H groups in total. The van der Waals surface area contributed by atoms with E-state index in [1.54, 1.807) is 11.3 Å². The average Bonchev–Trinajstić information content (AvgIpc) is 2.90. The van der Waals surface area contributed by atoms with E-state index in [4.69, 9.17) is 0 Å². The summed E-state index contributed by atoms with van der Waals surface area (Å²) in [5, 5.41) is 10.5. The van der Waals surface area contributed by atoms with Crippen LogP contribution in [-0.4, -0.2) is 10.2 Å². The zero-order valence-electron chi connectivity index (χ0n) is 10.00. The zero-order chi connectivity index (χ0) is 12.7. The minimum Gasteiger partial charge on any atom is -0.150 e.